The van der Waals surface area contributed by atoms with Gasteiger partial charge in [0.05, 0.1) is 20.9 Å². The first kappa shape index (κ1) is 13.3. The van der Waals surface area contributed by atoms with Crippen molar-refractivity contribution in [1.29, 1.82) is 0 Å². The lowest BCUT2D eigenvalue weighted by Crippen LogP contribution is -1.96. The van der Waals surface area contributed by atoms with Gasteiger partial charge < -0.3 is 4.74 Å². The molecule has 104 valence electrons. The van der Waals surface area contributed by atoms with Crippen molar-refractivity contribution in [3.05, 3.63) is 63.7 Å². The minimum absolute atomic E-state index is 0.0124. The monoisotopic (exact) mass is 301 g/mol. The van der Waals surface area contributed by atoms with Crippen LogP contribution in [-0.2, 0) is 4.74 Å². The molecule has 3 rings (SSSR count). The number of ether oxygens (including phenoxy) is 1. The normalized spacial score (nSPS) is 13.0. The first-order valence-electron chi connectivity index (χ1n) is 5.88. The Morgan fingerprint density at radius 2 is 1.71 bits per heavy atom. The zero-order valence-electron chi connectivity index (χ0n) is 10.4. The van der Waals surface area contributed by atoms with E-state index in [2.05, 4.69) is 4.74 Å². The molecule has 0 saturated carbocycles. The zero-order valence-corrected chi connectivity index (χ0v) is 11.3. The summed E-state index contributed by atoms with van der Waals surface area (Å²) in [5.41, 5.74) is 0.386. The third kappa shape index (κ3) is 2.38. The van der Waals surface area contributed by atoms with E-state index in [0.717, 1.165) is 11.8 Å². The lowest BCUT2D eigenvalue weighted by molar-refractivity contribution is -0.387. The Bertz CT molecular complexity index is 787. The second kappa shape index (κ2) is 5.02. The molecule has 0 radical (unpaired) electrons. The van der Waals surface area contributed by atoms with Gasteiger partial charge in [0.25, 0.3) is 5.69 Å². The molecular formula is C14H7NO5S. The fraction of sp³-hybridized carbons (Fsp3) is 0. The van der Waals surface area contributed by atoms with E-state index < -0.39 is 16.9 Å². The number of carbonyl (C=O) groups is 2. The van der Waals surface area contributed by atoms with Crippen LogP contribution in [-0.4, -0.2) is 16.9 Å². The number of cyclic esters (lactones) is 2. The molecule has 1 heterocycles. The lowest BCUT2D eigenvalue weighted by Gasteiger charge is -2.03. The summed E-state index contributed by atoms with van der Waals surface area (Å²) in [6, 6.07) is 10.9. The number of hydrogen-bond donors (Lipinski definition) is 0. The molecule has 0 spiro atoms. The van der Waals surface area contributed by atoms with Crippen LogP contribution in [0.3, 0.4) is 0 Å². The summed E-state index contributed by atoms with van der Waals surface area (Å²) in [6.07, 6.45) is 0. The average Bonchev–Trinajstić information content (AvgIpc) is 2.74. The van der Waals surface area contributed by atoms with E-state index in [1.165, 1.54) is 18.2 Å². The minimum atomic E-state index is -0.694. The highest BCUT2D eigenvalue weighted by Crippen LogP contribution is 2.36. The van der Waals surface area contributed by atoms with Crippen molar-refractivity contribution in [2.45, 2.75) is 9.79 Å². The van der Waals surface area contributed by atoms with E-state index in [0.29, 0.717) is 9.79 Å². The Labute approximate surface area is 122 Å². The molecule has 0 amide bonds. The lowest BCUT2D eigenvalue weighted by atomic mass is 10.1. The Morgan fingerprint density at radius 1 is 1.00 bits per heavy atom. The van der Waals surface area contributed by atoms with Gasteiger partial charge in [-0.15, -0.1) is 0 Å². The summed E-state index contributed by atoms with van der Waals surface area (Å²) in [7, 11) is 0. The molecule has 0 aromatic heterocycles. The number of para-hydroxylation sites is 1. The highest BCUT2D eigenvalue weighted by molar-refractivity contribution is 7.99. The second-order valence-corrected chi connectivity index (χ2v) is 5.33. The SMILES string of the molecule is O=C1OC(=O)c2cc(Sc3ccccc3[N+](=O)[O-])ccc21. The van der Waals surface area contributed by atoms with E-state index in [9.17, 15) is 19.7 Å². The number of hydrogen-bond acceptors (Lipinski definition) is 6. The van der Waals surface area contributed by atoms with Crippen LogP contribution >= 0.6 is 11.8 Å². The Morgan fingerprint density at radius 3 is 2.48 bits per heavy atom. The van der Waals surface area contributed by atoms with Crippen LogP contribution < -0.4 is 0 Å². The van der Waals surface area contributed by atoms with Gasteiger partial charge in [0, 0.05) is 11.0 Å². The molecule has 0 fully saturated rings. The number of nitro benzene ring substituents is 1. The van der Waals surface area contributed by atoms with Crippen molar-refractivity contribution in [3.8, 4) is 0 Å². The van der Waals surface area contributed by atoms with Gasteiger partial charge in [-0.05, 0) is 24.3 Å². The van der Waals surface area contributed by atoms with Crippen molar-refractivity contribution in [3.63, 3.8) is 0 Å². The first-order chi connectivity index (χ1) is 10.1. The van der Waals surface area contributed by atoms with E-state index in [4.69, 9.17) is 0 Å². The number of fused-ring (bicyclic) bond motifs is 1. The predicted octanol–water partition coefficient (Wildman–Crippen LogP) is 3.06. The Kier molecular flexibility index (Phi) is 3.19. The fourth-order valence-corrected chi connectivity index (χ4v) is 2.91. The maximum absolute atomic E-state index is 11.5. The molecule has 2 aromatic carbocycles. The molecule has 6 nitrogen and oxygen atoms in total. The van der Waals surface area contributed by atoms with Crippen LogP contribution in [0.1, 0.15) is 20.7 Å². The maximum atomic E-state index is 11.5. The molecule has 0 atom stereocenters. The van der Waals surface area contributed by atoms with Gasteiger partial charge in [0.2, 0.25) is 0 Å². The van der Waals surface area contributed by atoms with Crippen molar-refractivity contribution in [1.82, 2.24) is 0 Å². The number of nitrogens with zero attached hydrogens (tertiary/aromatic N) is 1. The number of benzene rings is 2. The third-order valence-corrected chi connectivity index (χ3v) is 3.96. The summed E-state index contributed by atoms with van der Waals surface area (Å²) in [5, 5.41) is 11.0. The van der Waals surface area contributed by atoms with Gasteiger partial charge in [-0.2, -0.15) is 0 Å². The Hall–Kier alpha value is -2.67. The molecule has 1 aliphatic rings. The molecular weight excluding hydrogens is 294 g/mol. The van der Waals surface area contributed by atoms with Gasteiger partial charge in [-0.1, -0.05) is 23.9 Å². The molecule has 0 bridgehead atoms. The predicted molar refractivity (Wildman–Crippen MR) is 73.4 cm³/mol. The molecule has 21 heavy (non-hydrogen) atoms. The largest absolute Gasteiger partial charge is 0.386 e. The van der Waals surface area contributed by atoms with E-state index in [1.54, 1.807) is 24.3 Å². The van der Waals surface area contributed by atoms with Crippen molar-refractivity contribution >= 4 is 29.4 Å². The fourth-order valence-electron chi connectivity index (χ4n) is 1.95. The summed E-state index contributed by atoms with van der Waals surface area (Å²) < 4.78 is 4.50. The molecule has 1 aliphatic heterocycles. The third-order valence-electron chi connectivity index (χ3n) is 2.91. The summed E-state index contributed by atoms with van der Waals surface area (Å²) in [5.74, 6) is -1.36. The standard InChI is InChI=1S/C14H7NO5S/c16-13-9-6-5-8(7-10(9)14(17)20-13)21-12-4-2-1-3-11(12)15(18)19/h1-7H. The molecule has 0 unspecified atom stereocenters. The van der Waals surface area contributed by atoms with Gasteiger partial charge in [0.15, 0.2) is 0 Å². The van der Waals surface area contributed by atoms with Crippen molar-refractivity contribution < 1.29 is 19.2 Å². The maximum Gasteiger partial charge on any atom is 0.346 e. The quantitative estimate of drug-likeness (QED) is 0.375. The van der Waals surface area contributed by atoms with Crippen molar-refractivity contribution in [2.24, 2.45) is 0 Å². The van der Waals surface area contributed by atoms with Crippen molar-refractivity contribution in [2.75, 3.05) is 0 Å². The Balaban J connectivity index is 1.97. The second-order valence-electron chi connectivity index (χ2n) is 4.21. The van der Waals surface area contributed by atoms with E-state index >= 15 is 0 Å². The van der Waals surface area contributed by atoms with Gasteiger partial charge in [0.1, 0.15) is 0 Å². The number of carbonyl (C=O) groups excluding carboxylic acids is 2. The summed E-state index contributed by atoms with van der Waals surface area (Å²) >= 11 is 1.15. The van der Waals surface area contributed by atoms with Gasteiger partial charge in [-0.25, -0.2) is 9.59 Å². The molecule has 0 aliphatic carbocycles. The molecule has 2 aromatic rings. The number of esters is 2. The van der Waals surface area contributed by atoms with Gasteiger partial charge in [-0.3, -0.25) is 10.1 Å². The van der Waals surface area contributed by atoms with E-state index in [1.807, 2.05) is 0 Å². The zero-order chi connectivity index (χ0) is 15.0. The smallest absolute Gasteiger partial charge is 0.346 e. The average molecular weight is 301 g/mol. The highest BCUT2D eigenvalue weighted by atomic mass is 32.2. The topological polar surface area (TPSA) is 86.5 Å². The van der Waals surface area contributed by atoms with Crippen LogP contribution in [0.5, 0.6) is 0 Å². The first-order valence-corrected chi connectivity index (χ1v) is 6.70. The van der Waals surface area contributed by atoms with Crippen LogP contribution in [0.15, 0.2) is 52.3 Å². The van der Waals surface area contributed by atoms with Crippen LogP contribution in [0.4, 0.5) is 5.69 Å². The molecule has 7 heteroatoms. The summed E-state index contributed by atoms with van der Waals surface area (Å²) in [4.78, 5) is 34.4. The summed E-state index contributed by atoms with van der Waals surface area (Å²) in [6.45, 7) is 0. The number of rotatable bonds is 3. The molecule has 0 saturated heterocycles. The van der Waals surface area contributed by atoms with Crippen LogP contribution in [0.25, 0.3) is 0 Å². The highest BCUT2D eigenvalue weighted by Gasteiger charge is 2.29. The van der Waals surface area contributed by atoms with Crippen LogP contribution in [0, 0.1) is 10.1 Å². The van der Waals surface area contributed by atoms with Crippen LogP contribution in [0.2, 0.25) is 0 Å². The number of nitro groups is 1. The minimum Gasteiger partial charge on any atom is -0.386 e. The van der Waals surface area contributed by atoms with Gasteiger partial charge >= 0.3 is 11.9 Å². The molecule has 0 N–H and O–H groups in total. The van der Waals surface area contributed by atoms with E-state index in [-0.39, 0.29) is 16.8 Å².